The average molecular weight is 256 g/mol. The summed E-state index contributed by atoms with van der Waals surface area (Å²) in [5.74, 6) is 0.525. The standard InChI is InChI=1S/C6H11NO3SSe/c1-4(8)7-6(3-11,12-2)5(9)10/h11H,3H2,1-2H3,(H,7,8)(H,9,10). The molecule has 0 aliphatic rings. The van der Waals surface area contributed by atoms with E-state index in [2.05, 4.69) is 17.9 Å². The summed E-state index contributed by atoms with van der Waals surface area (Å²) < 4.78 is -1.15. The van der Waals surface area contributed by atoms with Crippen LogP contribution in [0.25, 0.3) is 0 Å². The first-order chi connectivity index (χ1) is 5.48. The van der Waals surface area contributed by atoms with Crippen LogP contribution in [0.1, 0.15) is 6.92 Å². The van der Waals surface area contributed by atoms with E-state index in [1.165, 1.54) is 6.92 Å². The zero-order valence-electron chi connectivity index (χ0n) is 6.83. The molecular weight excluding hydrogens is 245 g/mol. The Hall–Kier alpha value is -0.191. The number of aliphatic carboxylic acids is 1. The monoisotopic (exact) mass is 257 g/mol. The summed E-state index contributed by atoms with van der Waals surface area (Å²) in [6.07, 6.45) is 0. The van der Waals surface area contributed by atoms with Gasteiger partial charge in [-0.3, -0.25) is 0 Å². The number of carboxylic acid groups (broad SMARTS) is 1. The number of carboxylic acids is 1. The van der Waals surface area contributed by atoms with Gasteiger partial charge >= 0.3 is 82.4 Å². The van der Waals surface area contributed by atoms with E-state index in [-0.39, 0.29) is 26.6 Å². The van der Waals surface area contributed by atoms with E-state index < -0.39 is 10.4 Å². The normalized spacial score (nSPS) is 14.9. The van der Waals surface area contributed by atoms with Crippen molar-refractivity contribution in [2.75, 3.05) is 5.75 Å². The predicted molar refractivity (Wildman–Crippen MR) is 49.7 cm³/mol. The van der Waals surface area contributed by atoms with E-state index in [1.807, 2.05) is 0 Å². The summed E-state index contributed by atoms with van der Waals surface area (Å²) in [7, 11) is 0. The second-order valence-corrected chi connectivity index (χ2v) is 4.81. The molecule has 1 atom stereocenters. The van der Waals surface area contributed by atoms with Crippen LogP contribution in [-0.2, 0) is 9.59 Å². The minimum atomic E-state index is -1.15. The Bertz CT molecular complexity index is 193. The Morgan fingerprint density at radius 2 is 2.17 bits per heavy atom. The fourth-order valence-electron chi connectivity index (χ4n) is 0.648. The van der Waals surface area contributed by atoms with Gasteiger partial charge in [-0.2, -0.15) is 0 Å². The first kappa shape index (κ1) is 11.8. The summed E-state index contributed by atoms with van der Waals surface area (Å²) in [5.41, 5.74) is 0. The molecule has 0 saturated heterocycles. The fourth-order valence-corrected chi connectivity index (χ4v) is 2.69. The number of thiol groups is 1. The molecule has 0 heterocycles. The van der Waals surface area contributed by atoms with Crippen LogP contribution in [0, 0.1) is 0 Å². The SMILES string of the molecule is C[Se]C(CS)(NC(C)=O)C(=O)O. The van der Waals surface area contributed by atoms with Crippen molar-refractivity contribution >= 4 is 39.5 Å². The molecule has 6 heteroatoms. The first-order valence-corrected chi connectivity index (χ1v) is 6.37. The van der Waals surface area contributed by atoms with Crippen LogP contribution in [0.4, 0.5) is 0 Å². The molecule has 0 saturated carbocycles. The second kappa shape index (κ2) is 4.74. The Kier molecular flexibility index (Phi) is 4.67. The third kappa shape index (κ3) is 2.69. The number of amides is 1. The Morgan fingerprint density at radius 3 is 2.25 bits per heavy atom. The average Bonchev–Trinajstić information content (AvgIpc) is 1.99. The predicted octanol–water partition coefficient (Wildman–Crippen LogP) is -0.415. The van der Waals surface area contributed by atoms with Gasteiger partial charge in [-0.1, -0.05) is 0 Å². The molecule has 70 valence electrons. The molecule has 2 N–H and O–H groups in total. The van der Waals surface area contributed by atoms with Gasteiger partial charge in [-0.05, 0) is 0 Å². The van der Waals surface area contributed by atoms with Gasteiger partial charge in [-0.15, -0.1) is 0 Å². The van der Waals surface area contributed by atoms with Gasteiger partial charge in [0.25, 0.3) is 0 Å². The first-order valence-electron chi connectivity index (χ1n) is 3.16. The summed E-state index contributed by atoms with van der Waals surface area (Å²) in [6, 6.07) is 0. The Morgan fingerprint density at radius 1 is 1.67 bits per heavy atom. The molecule has 4 nitrogen and oxygen atoms in total. The van der Waals surface area contributed by atoms with Crippen molar-refractivity contribution in [3.05, 3.63) is 0 Å². The van der Waals surface area contributed by atoms with Crippen LogP contribution in [0.3, 0.4) is 0 Å². The Labute approximate surface area is 82.7 Å². The maximum atomic E-state index is 10.8. The molecule has 0 rings (SSSR count). The Balaban J connectivity index is 4.58. The van der Waals surface area contributed by atoms with E-state index >= 15 is 0 Å². The van der Waals surface area contributed by atoms with Gasteiger partial charge in [0.15, 0.2) is 0 Å². The fraction of sp³-hybridized carbons (Fsp3) is 0.667. The molecular formula is C6H11NO3SSe. The number of nitrogens with one attached hydrogen (secondary N) is 1. The molecule has 0 fully saturated rings. The molecule has 0 aromatic carbocycles. The molecule has 1 unspecified atom stereocenters. The number of carbonyl (C=O) groups is 2. The van der Waals surface area contributed by atoms with Gasteiger partial charge in [-0.25, -0.2) is 0 Å². The summed E-state index contributed by atoms with van der Waals surface area (Å²) in [5, 5.41) is 11.2. The van der Waals surface area contributed by atoms with Gasteiger partial charge in [0.1, 0.15) is 0 Å². The number of carbonyl (C=O) groups excluding carboxylic acids is 1. The van der Waals surface area contributed by atoms with E-state index in [0.29, 0.717) is 0 Å². The molecule has 1 amide bonds. The quantitative estimate of drug-likeness (QED) is 0.473. The van der Waals surface area contributed by atoms with Gasteiger partial charge < -0.3 is 0 Å². The van der Waals surface area contributed by atoms with Crippen LogP contribution >= 0.6 is 12.6 Å². The van der Waals surface area contributed by atoms with Crippen molar-refractivity contribution in [3.63, 3.8) is 0 Å². The molecule has 0 aromatic rings. The number of hydrogen-bond donors (Lipinski definition) is 3. The van der Waals surface area contributed by atoms with E-state index in [1.54, 1.807) is 5.82 Å². The third-order valence-corrected chi connectivity index (χ3v) is 4.60. The van der Waals surface area contributed by atoms with Crippen molar-refractivity contribution in [2.45, 2.75) is 17.2 Å². The second-order valence-electron chi connectivity index (χ2n) is 2.18. The van der Waals surface area contributed by atoms with Crippen molar-refractivity contribution in [1.29, 1.82) is 0 Å². The van der Waals surface area contributed by atoms with Crippen molar-refractivity contribution in [3.8, 4) is 0 Å². The minimum absolute atomic E-state index is 0.123. The number of rotatable bonds is 4. The molecule has 0 radical (unpaired) electrons. The van der Waals surface area contributed by atoms with Crippen molar-refractivity contribution in [1.82, 2.24) is 5.32 Å². The van der Waals surface area contributed by atoms with Gasteiger partial charge in [0.2, 0.25) is 0 Å². The van der Waals surface area contributed by atoms with Crippen LogP contribution in [0.15, 0.2) is 0 Å². The molecule has 12 heavy (non-hydrogen) atoms. The molecule has 0 aliphatic carbocycles. The van der Waals surface area contributed by atoms with Crippen LogP contribution < -0.4 is 5.32 Å². The number of hydrogen-bond acceptors (Lipinski definition) is 3. The molecule has 0 bridgehead atoms. The van der Waals surface area contributed by atoms with E-state index in [4.69, 9.17) is 5.11 Å². The zero-order chi connectivity index (χ0) is 9.78. The summed E-state index contributed by atoms with van der Waals surface area (Å²) in [4.78, 5) is 21.5. The maximum absolute atomic E-state index is 10.8. The molecule has 0 aliphatic heterocycles. The van der Waals surface area contributed by atoms with Crippen LogP contribution in [-0.4, -0.2) is 42.1 Å². The van der Waals surface area contributed by atoms with Crippen molar-refractivity contribution < 1.29 is 14.7 Å². The molecule has 0 spiro atoms. The van der Waals surface area contributed by atoms with Gasteiger partial charge in [0, 0.05) is 0 Å². The summed E-state index contributed by atoms with van der Waals surface area (Å²) >= 11 is 3.70. The van der Waals surface area contributed by atoms with Crippen molar-refractivity contribution in [2.24, 2.45) is 0 Å². The van der Waals surface area contributed by atoms with Crippen LogP contribution in [0.2, 0.25) is 5.82 Å². The van der Waals surface area contributed by atoms with E-state index in [9.17, 15) is 9.59 Å². The topological polar surface area (TPSA) is 66.4 Å². The van der Waals surface area contributed by atoms with Gasteiger partial charge in [0.05, 0.1) is 0 Å². The summed E-state index contributed by atoms with van der Waals surface area (Å²) in [6.45, 7) is 1.30. The third-order valence-electron chi connectivity index (χ3n) is 1.29. The molecule has 0 aromatic heterocycles. The zero-order valence-corrected chi connectivity index (χ0v) is 9.43. The van der Waals surface area contributed by atoms with Crippen LogP contribution in [0.5, 0.6) is 0 Å². The van der Waals surface area contributed by atoms with E-state index in [0.717, 1.165) is 0 Å².